The summed E-state index contributed by atoms with van der Waals surface area (Å²) in [5.74, 6) is 0. The minimum atomic E-state index is -4.23. The third-order valence-electron chi connectivity index (χ3n) is 1.05. The first-order chi connectivity index (χ1) is 4.61. The molecule has 0 nitrogen and oxygen atoms in total. The summed E-state index contributed by atoms with van der Waals surface area (Å²) in [5.41, 5.74) is -0.633. The minimum Gasteiger partial charge on any atom is -0.184 e. The van der Waals surface area contributed by atoms with Crippen molar-refractivity contribution in [3.8, 4) is 0 Å². The van der Waals surface area contributed by atoms with Crippen LogP contribution in [0.5, 0.6) is 0 Å². The van der Waals surface area contributed by atoms with Crippen molar-refractivity contribution in [2.75, 3.05) is 0 Å². The zero-order chi connectivity index (χ0) is 7.61. The molecule has 0 atom stereocenters. The summed E-state index contributed by atoms with van der Waals surface area (Å²) in [6, 6.07) is 6.95. The Bertz CT molecular complexity index is 205. The van der Waals surface area contributed by atoms with Crippen molar-refractivity contribution in [2.45, 2.75) is 6.18 Å². The summed E-state index contributed by atoms with van der Waals surface area (Å²) in [6.45, 7) is 0. The molecule has 0 N–H and O–H groups in total. The zero-order valence-corrected chi connectivity index (χ0v) is 9.07. The molecular formula is C7H4F3K. The molecule has 11 heavy (non-hydrogen) atoms. The van der Waals surface area contributed by atoms with E-state index in [2.05, 4.69) is 6.07 Å². The predicted molar refractivity (Wildman–Crippen MR) is 30.3 cm³/mol. The van der Waals surface area contributed by atoms with Crippen LogP contribution in [-0.4, -0.2) is 0 Å². The van der Waals surface area contributed by atoms with Gasteiger partial charge < -0.3 is 0 Å². The van der Waals surface area contributed by atoms with Gasteiger partial charge in [-0.1, -0.05) is 5.56 Å². The van der Waals surface area contributed by atoms with Crippen LogP contribution in [0, 0.1) is 6.07 Å². The summed E-state index contributed by atoms with van der Waals surface area (Å²) in [4.78, 5) is 0. The third-order valence-corrected chi connectivity index (χ3v) is 1.05. The van der Waals surface area contributed by atoms with Crippen LogP contribution in [-0.2, 0) is 6.18 Å². The molecule has 0 aliphatic carbocycles. The number of hydrogen-bond acceptors (Lipinski definition) is 0. The SMILES string of the molecule is FC(F)(F)c1cc[c-]cc1.[K+]. The molecule has 1 rings (SSSR count). The second-order valence-corrected chi connectivity index (χ2v) is 1.79. The molecule has 0 fully saturated rings. The van der Waals surface area contributed by atoms with Crippen LogP contribution in [0.15, 0.2) is 24.3 Å². The van der Waals surface area contributed by atoms with Crippen LogP contribution in [0.2, 0.25) is 0 Å². The monoisotopic (exact) mass is 184 g/mol. The molecule has 0 aliphatic heterocycles. The van der Waals surface area contributed by atoms with Crippen LogP contribution < -0.4 is 51.4 Å². The van der Waals surface area contributed by atoms with E-state index in [9.17, 15) is 13.2 Å². The van der Waals surface area contributed by atoms with Crippen molar-refractivity contribution in [3.63, 3.8) is 0 Å². The van der Waals surface area contributed by atoms with Gasteiger partial charge >= 0.3 is 57.6 Å². The van der Waals surface area contributed by atoms with Gasteiger partial charge in [0.05, 0.1) is 0 Å². The molecule has 0 saturated heterocycles. The van der Waals surface area contributed by atoms with Gasteiger partial charge in [-0.25, -0.2) is 0 Å². The van der Waals surface area contributed by atoms with E-state index in [4.69, 9.17) is 0 Å². The first kappa shape index (κ1) is 11.6. The van der Waals surface area contributed by atoms with E-state index in [0.29, 0.717) is 0 Å². The van der Waals surface area contributed by atoms with Crippen LogP contribution in [0.3, 0.4) is 0 Å². The maximum absolute atomic E-state index is 11.8. The Balaban J connectivity index is 0.000001000. The van der Waals surface area contributed by atoms with Gasteiger partial charge in [0, 0.05) is 0 Å². The number of rotatable bonds is 0. The third kappa shape index (κ3) is 3.71. The van der Waals surface area contributed by atoms with Crippen LogP contribution in [0.25, 0.3) is 0 Å². The molecule has 0 bridgehead atoms. The molecule has 0 spiro atoms. The normalized spacial score (nSPS) is 10.5. The number of alkyl halides is 3. The topological polar surface area (TPSA) is 0 Å². The van der Waals surface area contributed by atoms with Gasteiger partial charge in [0.15, 0.2) is 0 Å². The van der Waals surface area contributed by atoms with Crippen molar-refractivity contribution >= 4 is 0 Å². The van der Waals surface area contributed by atoms with Gasteiger partial charge in [0.25, 0.3) is 0 Å². The van der Waals surface area contributed by atoms with Crippen molar-refractivity contribution < 1.29 is 64.6 Å². The largest absolute Gasteiger partial charge is 1.00 e. The fourth-order valence-corrected chi connectivity index (χ4v) is 0.576. The van der Waals surface area contributed by atoms with Crippen molar-refractivity contribution in [2.24, 2.45) is 0 Å². The Morgan fingerprint density at radius 3 is 1.82 bits per heavy atom. The molecule has 0 heterocycles. The molecule has 0 amide bonds. The second-order valence-electron chi connectivity index (χ2n) is 1.79. The van der Waals surface area contributed by atoms with Gasteiger partial charge in [-0.15, -0.1) is 0 Å². The smallest absolute Gasteiger partial charge is 0.184 e. The molecule has 4 heteroatoms. The van der Waals surface area contributed by atoms with Gasteiger partial charge in [0.2, 0.25) is 0 Å². The summed E-state index contributed by atoms with van der Waals surface area (Å²) in [7, 11) is 0. The van der Waals surface area contributed by atoms with Crippen LogP contribution >= 0.6 is 0 Å². The molecular weight excluding hydrogens is 180 g/mol. The fourth-order valence-electron chi connectivity index (χ4n) is 0.576. The molecule has 0 aliphatic rings. The van der Waals surface area contributed by atoms with Crippen LogP contribution in [0.4, 0.5) is 13.2 Å². The Morgan fingerprint density at radius 1 is 1.09 bits per heavy atom. The molecule has 1 aromatic rings. The fraction of sp³-hybridized carbons (Fsp3) is 0.143. The number of halogens is 3. The Labute approximate surface area is 105 Å². The summed E-state index contributed by atoms with van der Waals surface area (Å²) in [5, 5.41) is 0. The van der Waals surface area contributed by atoms with E-state index < -0.39 is 11.7 Å². The molecule has 0 radical (unpaired) electrons. The average molecular weight is 184 g/mol. The van der Waals surface area contributed by atoms with Gasteiger partial charge in [-0.2, -0.15) is 43.5 Å². The van der Waals surface area contributed by atoms with Crippen LogP contribution in [0.1, 0.15) is 5.56 Å². The van der Waals surface area contributed by atoms with E-state index in [1.807, 2.05) is 0 Å². The number of benzene rings is 1. The van der Waals surface area contributed by atoms with E-state index in [0.717, 1.165) is 12.1 Å². The van der Waals surface area contributed by atoms with Crippen molar-refractivity contribution in [1.82, 2.24) is 0 Å². The van der Waals surface area contributed by atoms with E-state index in [-0.39, 0.29) is 51.4 Å². The number of hydrogen-bond donors (Lipinski definition) is 0. The van der Waals surface area contributed by atoms with Gasteiger partial charge in [-0.05, 0) is 0 Å². The Morgan fingerprint density at radius 2 is 1.55 bits per heavy atom. The summed E-state index contributed by atoms with van der Waals surface area (Å²) in [6.07, 6.45) is -4.23. The standard InChI is InChI=1S/C7H4F3.K/c8-7(9,10)6-4-2-1-3-5-6;/h2-5H;/q-1;+1. The average Bonchev–Trinajstić information content (AvgIpc) is 1.88. The summed E-state index contributed by atoms with van der Waals surface area (Å²) < 4.78 is 35.3. The molecule has 54 valence electrons. The van der Waals surface area contributed by atoms with Crippen molar-refractivity contribution in [3.05, 3.63) is 35.9 Å². The predicted octanol–water partition coefficient (Wildman–Crippen LogP) is -0.490. The van der Waals surface area contributed by atoms with Gasteiger partial charge in [0.1, 0.15) is 0 Å². The molecule has 0 unspecified atom stereocenters. The van der Waals surface area contributed by atoms with Gasteiger partial charge in [-0.3, -0.25) is 0 Å². The first-order valence-corrected chi connectivity index (χ1v) is 2.64. The van der Waals surface area contributed by atoms with E-state index in [1.54, 1.807) is 0 Å². The second kappa shape index (κ2) is 4.62. The van der Waals surface area contributed by atoms with E-state index in [1.165, 1.54) is 12.1 Å². The zero-order valence-electron chi connectivity index (χ0n) is 5.94. The van der Waals surface area contributed by atoms with E-state index >= 15 is 0 Å². The van der Waals surface area contributed by atoms with Crippen molar-refractivity contribution in [1.29, 1.82) is 0 Å². The molecule has 0 saturated carbocycles. The maximum atomic E-state index is 11.8. The minimum absolute atomic E-state index is 0. The molecule has 1 aromatic carbocycles. The molecule has 0 aromatic heterocycles. The Hall–Kier alpha value is 0.646. The Kier molecular flexibility index (Phi) is 4.89. The maximum Gasteiger partial charge on any atom is 1.00 e. The first-order valence-electron chi connectivity index (χ1n) is 2.64. The quantitative estimate of drug-likeness (QED) is 0.377. The summed E-state index contributed by atoms with van der Waals surface area (Å²) >= 11 is 0.